The summed E-state index contributed by atoms with van der Waals surface area (Å²) in [5, 5.41) is 3.10. The predicted molar refractivity (Wildman–Crippen MR) is 67.3 cm³/mol. The molecule has 0 aliphatic carbocycles. The van der Waals surface area contributed by atoms with Crippen LogP contribution in [-0.4, -0.2) is 48.7 Å². The van der Waals surface area contributed by atoms with Gasteiger partial charge >= 0.3 is 6.09 Å². The van der Waals surface area contributed by atoms with Gasteiger partial charge in [0, 0.05) is 13.1 Å². The lowest BCUT2D eigenvalue weighted by molar-refractivity contribution is -0.0495. The summed E-state index contributed by atoms with van der Waals surface area (Å²) in [6.45, 7) is 6.69. The van der Waals surface area contributed by atoms with Crippen LogP contribution in [0.4, 0.5) is 13.6 Å². The van der Waals surface area contributed by atoms with Crippen molar-refractivity contribution in [1.82, 2.24) is 10.2 Å². The van der Waals surface area contributed by atoms with Crippen LogP contribution in [0.1, 0.15) is 33.6 Å². The Morgan fingerprint density at radius 3 is 2.68 bits per heavy atom. The highest BCUT2D eigenvalue weighted by atomic mass is 19.3. The zero-order valence-corrected chi connectivity index (χ0v) is 11.7. The van der Waals surface area contributed by atoms with E-state index in [9.17, 15) is 13.6 Å². The molecule has 2 atom stereocenters. The van der Waals surface area contributed by atoms with Crippen molar-refractivity contribution >= 4 is 6.09 Å². The average Bonchev–Trinajstić information content (AvgIpc) is 2.67. The molecular formula is C13H22F2N2O2. The van der Waals surface area contributed by atoms with E-state index < -0.39 is 29.6 Å². The SMILES string of the molecule is CC(C)(C)OC(=O)N1CCC2(C(F)F)CCNCC12. The number of likely N-dealkylation sites (tertiary alicyclic amines) is 1. The normalized spacial score (nSPS) is 31.5. The van der Waals surface area contributed by atoms with Crippen molar-refractivity contribution in [2.75, 3.05) is 19.6 Å². The first-order valence-electron chi connectivity index (χ1n) is 6.75. The second-order valence-electron chi connectivity index (χ2n) is 6.43. The fraction of sp³-hybridized carbons (Fsp3) is 0.923. The summed E-state index contributed by atoms with van der Waals surface area (Å²) in [5.74, 6) is 0. The summed E-state index contributed by atoms with van der Waals surface area (Å²) in [6, 6.07) is -0.462. The Labute approximate surface area is 112 Å². The fourth-order valence-corrected chi connectivity index (χ4v) is 3.03. The molecule has 6 heteroatoms. The maximum absolute atomic E-state index is 13.4. The second kappa shape index (κ2) is 4.89. The quantitative estimate of drug-likeness (QED) is 0.798. The Kier molecular flexibility index (Phi) is 3.73. The summed E-state index contributed by atoms with van der Waals surface area (Å²) in [7, 11) is 0. The molecule has 0 bridgehead atoms. The molecule has 0 saturated carbocycles. The highest BCUT2D eigenvalue weighted by Crippen LogP contribution is 2.46. The van der Waals surface area contributed by atoms with Crippen LogP contribution in [0, 0.1) is 5.41 Å². The molecule has 2 fully saturated rings. The van der Waals surface area contributed by atoms with Gasteiger partial charge in [0.05, 0.1) is 11.5 Å². The zero-order valence-electron chi connectivity index (χ0n) is 11.7. The standard InChI is InChI=1S/C13H22F2N2O2/c1-12(2,3)19-11(18)17-7-5-13(10(14)15)4-6-16-8-9(13)17/h9-10,16H,4-8H2,1-3H3. The first kappa shape index (κ1) is 14.5. The Balaban J connectivity index is 2.14. The first-order chi connectivity index (χ1) is 8.76. The van der Waals surface area contributed by atoms with E-state index in [-0.39, 0.29) is 0 Å². The Morgan fingerprint density at radius 1 is 1.42 bits per heavy atom. The molecule has 0 spiro atoms. The van der Waals surface area contributed by atoms with Gasteiger partial charge in [0.15, 0.2) is 0 Å². The van der Waals surface area contributed by atoms with E-state index in [2.05, 4.69) is 5.32 Å². The Morgan fingerprint density at radius 2 is 2.11 bits per heavy atom. The minimum atomic E-state index is -2.40. The van der Waals surface area contributed by atoms with E-state index in [4.69, 9.17) is 4.74 Å². The molecule has 0 aromatic heterocycles. The third-order valence-corrected chi connectivity index (χ3v) is 4.03. The van der Waals surface area contributed by atoms with Crippen LogP contribution in [0.15, 0.2) is 0 Å². The van der Waals surface area contributed by atoms with Gasteiger partial charge < -0.3 is 15.0 Å². The lowest BCUT2D eigenvalue weighted by atomic mass is 9.75. The number of piperidine rings is 1. The number of ether oxygens (including phenoxy) is 1. The molecule has 2 aliphatic heterocycles. The molecule has 2 unspecified atom stereocenters. The van der Waals surface area contributed by atoms with Crippen LogP contribution >= 0.6 is 0 Å². The lowest BCUT2D eigenvalue weighted by Gasteiger charge is -2.41. The van der Waals surface area contributed by atoms with Crippen molar-refractivity contribution in [2.24, 2.45) is 5.41 Å². The molecule has 19 heavy (non-hydrogen) atoms. The van der Waals surface area contributed by atoms with Gasteiger partial charge in [0.2, 0.25) is 6.43 Å². The largest absolute Gasteiger partial charge is 0.444 e. The van der Waals surface area contributed by atoms with Crippen LogP contribution in [0.25, 0.3) is 0 Å². The number of carbonyl (C=O) groups excluding carboxylic acids is 1. The molecule has 2 rings (SSSR count). The number of alkyl halides is 2. The van der Waals surface area contributed by atoms with Crippen LogP contribution in [-0.2, 0) is 4.74 Å². The van der Waals surface area contributed by atoms with Crippen molar-refractivity contribution in [3.05, 3.63) is 0 Å². The summed E-state index contributed by atoms with van der Waals surface area (Å²) in [5.41, 5.74) is -1.66. The molecule has 2 saturated heterocycles. The number of carbonyl (C=O) groups is 1. The van der Waals surface area contributed by atoms with E-state index >= 15 is 0 Å². The number of nitrogens with one attached hydrogen (secondary N) is 1. The number of nitrogens with zero attached hydrogens (tertiary/aromatic N) is 1. The van der Waals surface area contributed by atoms with Crippen LogP contribution in [0.3, 0.4) is 0 Å². The third kappa shape index (κ3) is 2.68. The topological polar surface area (TPSA) is 41.6 Å². The lowest BCUT2D eigenvalue weighted by Crippen LogP contribution is -2.56. The first-order valence-corrected chi connectivity index (χ1v) is 6.75. The maximum Gasteiger partial charge on any atom is 0.410 e. The van der Waals surface area contributed by atoms with Gasteiger partial charge in [-0.2, -0.15) is 0 Å². The van der Waals surface area contributed by atoms with E-state index in [1.54, 1.807) is 20.8 Å². The monoisotopic (exact) mass is 276 g/mol. The maximum atomic E-state index is 13.4. The Hall–Kier alpha value is -0.910. The molecule has 0 aromatic rings. The minimum absolute atomic E-state index is 0.353. The zero-order chi connectivity index (χ0) is 14.3. The third-order valence-electron chi connectivity index (χ3n) is 4.03. The van der Waals surface area contributed by atoms with Crippen LogP contribution in [0.5, 0.6) is 0 Å². The number of fused-ring (bicyclic) bond motifs is 1. The van der Waals surface area contributed by atoms with Crippen molar-refractivity contribution in [3.63, 3.8) is 0 Å². The van der Waals surface area contributed by atoms with E-state index in [1.165, 1.54) is 4.90 Å². The molecule has 1 amide bonds. The fourth-order valence-electron chi connectivity index (χ4n) is 3.03. The molecule has 110 valence electrons. The van der Waals surface area contributed by atoms with Gasteiger partial charge in [0.1, 0.15) is 5.60 Å². The number of hydrogen-bond donors (Lipinski definition) is 1. The van der Waals surface area contributed by atoms with Gasteiger partial charge in [-0.3, -0.25) is 0 Å². The van der Waals surface area contributed by atoms with Gasteiger partial charge in [-0.1, -0.05) is 0 Å². The van der Waals surface area contributed by atoms with Crippen LogP contribution in [0.2, 0.25) is 0 Å². The van der Waals surface area contributed by atoms with Gasteiger partial charge in [-0.05, 0) is 40.2 Å². The van der Waals surface area contributed by atoms with Crippen molar-refractivity contribution in [3.8, 4) is 0 Å². The average molecular weight is 276 g/mol. The summed E-state index contributed by atoms with van der Waals surface area (Å²) in [6.07, 6.45) is -2.11. The Bertz CT molecular complexity index is 357. The van der Waals surface area contributed by atoms with E-state index in [0.29, 0.717) is 32.5 Å². The molecule has 1 N–H and O–H groups in total. The van der Waals surface area contributed by atoms with Gasteiger partial charge in [-0.25, -0.2) is 13.6 Å². The highest BCUT2D eigenvalue weighted by Gasteiger charge is 2.56. The summed E-state index contributed by atoms with van der Waals surface area (Å²) >= 11 is 0. The van der Waals surface area contributed by atoms with Crippen molar-refractivity contribution < 1.29 is 18.3 Å². The van der Waals surface area contributed by atoms with E-state index in [0.717, 1.165) is 0 Å². The molecule has 0 aromatic carbocycles. The van der Waals surface area contributed by atoms with Crippen molar-refractivity contribution in [2.45, 2.75) is 51.7 Å². The predicted octanol–water partition coefficient (Wildman–Crippen LogP) is 2.24. The van der Waals surface area contributed by atoms with Crippen LogP contribution < -0.4 is 5.32 Å². The number of rotatable bonds is 1. The number of amides is 1. The molecule has 0 radical (unpaired) electrons. The van der Waals surface area contributed by atoms with Crippen molar-refractivity contribution in [1.29, 1.82) is 0 Å². The van der Waals surface area contributed by atoms with E-state index in [1.807, 2.05) is 0 Å². The minimum Gasteiger partial charge on any atom is -0.444 e. The number of halogens is 2. The summed E-state index contributed by atoms with van der Waals surface area (Å²) in [4.78, 5) is 13.6. The molecule has 4 nitrogen and oxygen atoms in total. The molecule has 2 aliphatic rings. The van der Waals surface area contributed by atoms with Gasteiger partial charge in [-0.15, -0.1) is 0 Å². The number of hydrogen-bond acceptors (Lipinski definition) is 3. The molecular weight excluding hydrogens is 254 g/mol. The molecule has 2 heterocycles. The smallest absolute Gasteiger partial charge is 0.410 e. The summed E-state index contributed by atoms with van der Waals surface area (Å²) < 4.78 is 32.2. The highest BCUT2D eigenvalue weighted by molar-refractivity contribution is 5.69. The second-order valence-corrected chi connectivity index (χ2v) is 6.43. The van der Waals surface area contributed by atoms with Gasteiger partial charge in [0.25, 0.3) is 0 Å².